The summed E-state index contributed by atoms with van der Waals surface area (Å²) in [6.07, 6.45) is 1.17. The van der Waals surface area contributed by atoms with Crippen LogP contribution in [0.15, 0.2) is 18.2 Å². The number of carbonyl (C=O) groups is 1. The Morgan fingerprint density at radius 3 is 2.58 bits per heavy atom. The topological polar surface area (TPSA) is 47.6 Å². The normalized spacial score (nSPS) is 26.2. The van der Waals surface area contributed by atoms with Crippen molar-refractivity contribution in [3.63, 3.8) is 0 Å². The van der Waals surface area contributed by atoms with Crippen molar-refractivity contribution in [2.24, 2.45) is 11.8 Å². The Labute approximate surface area is 140 Å². The fourth-order valence-corrected chi connectivity index (χ4v) is 3.45. The van der Waals surface area contributed by atoms with Crippen LogP contribution in [0.1, 0.15) is 38.2 Å². The van der Waals surface area contributed by atoms with Crippen LogP contribution in [0.25, 0.3) is 0 Å². The molecule has 1 saturated heterocycles. The van der Waals surface area contributed by atoms with E-state index in [2.05, 4.69) is 5.32 Å². The van der Waals surface area contributed by atoms with Crippen molar-refractivity contribution >= 4 is 5.91 Å². The number of ether oxygens (including phenoxy) is 2. The molecule has 1 aromatic carbocycles. The summed E-state index contributed by atoms with van der Waals surface area (Å²) in [5.41, 5.74) is 0.0333. The van der Waals surface area contributed by atoms with Crippen LogP contribution in [0.5, 0.6) is 0 Å². The summed E-state index contributed by atoms with van der Waals surface area (Å²) < 4.78 is 38.6. The molecule has 0 radical (unpaired) electrons. The van der Waals surface area contributed by atoms with Gasteiger partial charge in [0.05, 0.1) is 13.2 Å². The Morgan fingerprint density at radius 2 is 1.96 bits per heavy atom. The van der Waals surface area contributed by atoms with Gasteiger partial charge in [0.25, 0.3) is 0 Å². The van der Waals surface area contributed by atoms with Crippen molar-refractivity contribution in [2.75, 3.05) is 19.8 Å². The summed E-state index contributed by atoms with van der Waals surface area (Å²) in [5, 5.41) is 2.88. The molecule has 0 aromatic heterocycles. The van der Waals surface area contributed by atoms with E-state index >= 15 is 0 Å². The lowest BCUT2D eigenvalue weighted by molar-refractivity contribution is -0.154. The first-order valence-corrected chi connectivity index (χ1v) is 8.39. The van der Waals surface area contributed by atoms with Gasteiger partial charge in [0.1, 0.15) is 11.6 Å². The SMILES string of the molecule is C[C@H](CNC(=O)[C@H]1C[C@@H]1c1c(F)cccc1F)CC1(C)OCCO1. The highest BCUT2D eigenvalue weighted by Crippen LogP contribution is 2.49. The molecule has 0 unspecified atom stereocenters. The average molecular weight is 339 g/mol. The van der Waals surface area contributed by atoms with E-state index in [0.29, 0.717) is 32.6 Å². The second-order valence-electron chi connectivity index (χ2n) is 6.97. The molecule has 1 aliphatic carbocycles. The molecule has 3 rings (SSSR count). The predicted molar refractivity (Wildman–Crippen MR) is 84.3 cm³/mol. The smallest absolute Gasteiger partial charge is 0.223 e. The lowest BCUT2D eigenvalue weighted by Crippen LogP contribution is -2.35. The summed E-state index contributed by atoms with van der Waals surface area (Å²) in [6, 6.07) is 3.80. The largest absolute Gasteiger partial charge is 0.356 e. The van der Waals surface area contributed by atoms with E-state index in [4.69, 9.17) is 9.47 Å². The second kappa shape index (κ2) is 6.76. The van der Waals surface area contributed by atoms with Crippen molar-refractivity contribution in [1.82, 2.24) is 5.32 Å². The Morgan fingerprint density at radius 1 is 1.33 bits per heavy atom. The molecule has 6 heteroatoms. The van der Waals surface area contributed by atoms with Gasteiger partial charge in [-0.1, -0.05) is 13.0 Å². The van der Waals surface area contributed by atoms with Crippen LogP contribution >= 0.6 is 0 Å². The van der Waals surface area contributed by atoms with E-state index in [0.717, 1.165) is 0 Å². The van der Waals surface area contributed by atoms with Crippen molar-refractivity contribution in [3.8, 4) is 0 Å². The molecule has 1 saturated carbocycles. The Hall–Kier alpha value is -1.53. The third-order valence-electron chi connectivity index (χ3n) is 4.74. The van der Waals surface area contributed by atoms with Crippen molar-refractivity contribution in [2.45, 2.75) is 38.4 Å². The lowest BCUT2D eigenvalue weighted by Gasteiger charge is -2.26. The molecule has 4 nitrogen and oxygen atoms in total. The van der Waals surface area contributed by atoms with Crippen LogP contribution in [-0.2, 0) is 14.3 Å². The number of nitrogens with one attached hydrogen (secondary N) is 1. The number of amides is 1. The molecule has 0 bridgehead atoms. The van der Waals surface area contributed by atoms with E-state index in [1.807, 2.05) is 13.8 Å². The maximum Gasteiger partial charge on any atom is 0.223 e. The average Bonchev–Trinajstić information content (AvgIpc) is 3.19. The van der Waals surface area contributed by atoms with Gasteiger partial charge < -0.3 is 14.8 Å². The molecular formula is C18H23F2NO3. The van der Waals surface area contributed by atoms with Gasteiger partial charge in [-0.3, -0.25) is 4.79 Å². The van der Waals surface area contributed by atoms with E-state index in [1.54, 1.807) is 0 Å². The van der Waals surface area contributed by atoms with Crippen molar-refractivity contribution in [1.29, 1.82) is 0 Å². The summed E-state index contributed by atoms with van der Waals surface area (Å²) >= 11 is 0. The fourth-order valence-electron chi connectivity index (χ4n) is 3.45. The fraction of sp³-hybridized carbons (Fsp3) is 0.611. The Kier molecular flexibility index (Phi) is 4.88. The number of halogens is 2. The van der Waals surface area contributed by atoms with E-state index in [-0.39, 0.29) is 29.2 Å². The molecular weight excluding hydrogens is 316 g/mol. The Bertz CT molecular complexity index is 596. The maximum atomic E-state index is 13.8. The zero-order valence-corrected chi connectivity index (χ0v) is 14.0. The monoisotopic (exact) mass is 339 g/mol. The first-order chi connectivity index (χ1) is 11.4. The van der Waals surface area contributed by atoms with Gasteiger partial charge in [0, 0.05) is 30.4 Å². The number of rotatable bonds is 6. The number of hydrogen-bond donors (Lipinski definition) is 1. The summed E-state index contributed by atoms with van der Waals surface area (Å²) in [6.45, 7) is 5.58. The highest BCUT2D eigenvalue weighted by molar-refractivity contribution is 5.82. The minimum atomic E-state index is -0.581. The van der Waals surface area contributed by atoms with Gasteiger partial charge >= 0.3 is 0 Å². The summed E-state index contributed by atoms with van der Waals surface area (Å²) in [7, 11) is 0. The number of carbonyl (C=O) groups excluding carboxylic acids is 1. The van der Waals surface area contributed by atoms with Gasteiger partial charge in [0.15, 0.2) is 5.79 Å². The highest BCUT2D eigenvalue weighted by Gasteiger charge is 2.46. The summed E-state index contributed by atoms with van der Waals surface area (Å²) in [4.78, 5) is 12.2. The van der Waals surface area contributed by atoms with Crippen LogP contribution in [-0.4, -0.2) is 31.5 Å². The van der Waals surface area contributed by atoms with E-state index in [1.165, 1.54) is 18.2 Å². The van der Waals surface area contributed by atoms with Gasteiger partial charge in [-0.25, -0.2) is 8.78 Å². The predicted octanol–water partition coefficient (Wildman–Crippen LogP) is 2.97. The molecule has 1 heterocycles. The lowest BCUT2D eigenvalue weighted by atomic mass is 10.0. The molecule has 0 spiro atoms. The Balaban J connectivity index is 1.48. The number of hydrogen-bond acceptors (Lipinski definition) is 3. The third kappa shape index (κ3) is 3.75. The molecule has 1 N–H and O–H groups in total. The first-order valence-electron chi connectivity index (χ1n) is 8.39. The third-order valence-corrected chi connectivity index (χ3v) is 4.74. The molecule has 1 aromatic rings. The van der Waals surface area contributed by atoms with Crippen molar-refractivity contribution < 1.29 is 23.0 Å². The minimum absolute atomic E-state index is 0.0333. The standard InChI is InChI=1S/C18H23F2NO3/c1-11(9-18(2)23-6-7-24-18)10-21-17(22)13-8-12(13)16-14(19)4-3-5-15(16)20/h3-5,11-13H,6-10H2,1-2H3,(H,21,22)/t11-,12-,13-/m0/s1. The van der Waals surface area contributed by atoms with Crippen LogP contribution in [0.2, 0.25) is 0 Å². The maximum absolute atomic E-state index is 13.8. The minimum Gasteiger partial charge on any atom is -0.356 e. The molecule has 2 fully saturated rings. The highest BCUT2D eigenvalue weighted by atomic mass is 19.1. The van der Waals surface area contributed by atoms with Crippen LogP contribution in [0.3, 0.4) is 0 Å². The number of benzene rings is 1. The zero-order valence-electron chi connectivity index (χ0n) is 14.0. The van der Waals surface area contributed by atoms with Gasteiger partial charge in [0.2, 0.25) is 5.91 Å². The van der Waals surface area contributed by atoms with Gasteiger partial charge in [-0.15, -0.1) is 0 Å². The van der Waals surface area contributed by atoms with Gasteiger partial charge in [-0.05, 0) is 31.4 Å². The summed E-state index contributed by atoms with van der Waals surface area (Å²) in [5.74, 6) is -2.41. The molecule has 132 valence electrons. The quantitative estimate of drug-likeness (QED) is 0.867. The van der Waals surface area contributed by atoms with Crippen LogP contribution < -0.4 is 5.32 Å². The van der Waals surface area contributed by atoms with Crippen LogP contribution in [0.4, 0.5) is 8.78 Å². The zero-order chi connectivity index (χ0) is 17.3. The second-order valence-corrected chi connectivity index (χ2v) is 6.97. The molecule has 24 heavy (non-hydrogen) atoms. The van der Waals surface area contributed by atoms with Crippen LogP contribution in [0, 0.1) is 23.5 Å². The molecule has 3 atom stereocenters. The van der Waals surface area contributed by atoms with Crippen molar-refractivity contribution in [3.05, 3.63) is 35.4 Å². The molecule has 2 aliphatic rings. The molecule has 1 amide bonds. The van der Waals surface area contributed by atoms with E-state index in [9.17, 15) is 13.6 Å². The molecule has 1 aliphatic heterocycles. The van der Waals surface area contributed by atoms with Gasteiger partial charge in [-0.2, -0.15) is 0 Å². The first kappa shape index (κ1) is 17.3. The van der Waals surface area contributed by atoms with E-state index < -0.39 is 17.4 Å².